The number of fused-ring (bicyclic) bond motifs is 2. The Morgan fingerprint density at radius 3 is 2.95 bits per heavy atom. The second kappa shape index (κ2) is 4.76. The number of rotatable bonds is 3. The third-order valence-electron chi connectivity index (χ3n) is 3.13. The van der Waals surface area contributed by atoms with Gasteiger partial charge in [-0.05, 0) is 23.6 Å². The predicted molar refractivity (Wildman–Crippen MR) is 68.2 cm³/mol. The van der Waals surface area contributed by atoms with Gasteiger partial charge in [0.2, 0.25) is 6.79 Å². The molecule has 1 aliphatic heterocycles. The average Bonchev–Trinajstić information content (AvgIpc) is 2.89. The second-order valence-electron chi connectivity index (χ2n) is 4.26. The molecule has 0 fully saturated rings. The Morgan fingerprint density at radius 2 is 2.16 bits per heavy atom. The number of benzene rings is 1. The van der Waals surface area contributed by atoms with E-state index < -0.39 is 0 Å². The molecular weight excluding hydrogens is 246 g/mol. The van der Waals surface area contributed by atoms with Crippen LogP contribution in [0.15, 0.2) is 24.4 Å². The van der Waals surface area contributed by atoms with E-state index in [0.717, 1.165) is 28.0 Å². The molecule has 3 rings (SSSR count). The van der Waals surface area contributed by atoms with Crippen LogP contribution in [-0.4, -0.2) is 24.9 Å². The Morgan fingerprint density at radius 1 is 1.37 bits per heavy atom. The lowest BCUT2D eigenvalue weighted by Crippen LogP contribution is -2.03. The maximum absolute atomic E-state index is 11.2. The zero-order valence-electron chi connectivity index (χ0n) is 10.5. The van der Waals surface area contributed by atoms with Crippen molar-refractivity contribution in [1.82, 2.24) is 4.98 Å². The molecule has 0 bridgehead atoms. The fraction of sp³-hybridized carbons (Fsp3) is 0.286. The Labute approximate surface area is 110 Å². The summed E-state index contributed by atoms with van der Waals surface area (Å²) in [5.74, 6) is 1.23. The van der Waals surface area contributed by atoms with Gasteiger partial charge < -0.3 is 14.2 Å². The minimum Gasteiger partial charge on any atom is -0.469 e. The van der Waals surface area contributed by atoms with Crippen molar-refractivity contribution >= 4 is 16.7 Å². The smallest absolute Gasteiger partial charge is 0.305 e. The molecule has 98 valence electrons. The molecule has 1 aliphatic rings. The van der Waals surface area contributed by atoms with Crippen LogP contribution in [0.25, 0.3) is 10.8 Å². The summed E-state index contributed by atoms with van der Waals surface area (Å²) in [6.07, 6.45) is 2.60. The number of nitrogens with zero attached hydrogens (tertiary/aromatic N) is 1. The van der Waals surface area contributed by atoms with Crippen LogP contribution >= 0.6 is 0 Å². The van der Waals surface area contributed by atoms with E-state index in [4.69, 9.17) is 9.47 Å². The summed E-state index contributed by atoms with van der Waals surface area (Å²) in [6, 6.07) is 5.76. The molecule has 19 heavy (non-hydrogen) atoms. The van der Waals surface area contributed by atoms with Gasteiger partial charge in [-0.25, -0.2) is 0 Å². The van der Waals surface area contributed by atoms with Gasteiger partial charge in [0.25, 0.3) is 0 Å². The standard InChI is InChI=1S/C14H13NO4/c1-17-14(16)3-2-11-10-7-13-12(18-8-19-13)6-9(10)4-5-15-11/h4-7H,2-3,8H2,1H3. The summed E-state index contributed by atoms with van der Waals surface area (Å²) in [4.78, 5) is 15.5. The van der Waals surface area contributed by atoms with Gasteiger partial charge in [0.05, 0.1) is 13.5 Å². The Kier molecular flexibility index (Phi) is 2.95. The summed E-state index contributed by atoms with van der Waals surface area (Å²) >= 11 is 0. The molecule has 5 nitrogen and oxygen atoms in total. The summed E-state index contributed by atoms with van der Waals surface area (Å²) in [5.41, 5.74) is 0.862. The van der Waals surface area contributed by atoms with Crippen LogP contribution in [0.3, 0.4) is 0 Å². The molecule has 0 amide bonds. The van der Waals surface area contributed by atoms with E-state index >= 15 is 0 Å². The van der Waals surface area contributed by atoms with E-state index in [0.29, 0.717) is 12.8 Å². The number of methoxy groups -OCH3 is 1. The lowest BCUT2D eigenvalue weighted by Gasteiger charge is -2.06. The highest BCUT2D eigenvalue weighted by atomic mass is 16.7. The topological polar surface area (TPSA) is 57.7 Å². The van der Waals surface area contributed by atoms with Crippen molar-refractivity contribution in [3.05, 3.63) is 30.1 Å². The van der Waals surface area contributed by atoms with Gasteiger partial charge in [-0.2, -0.15) is 0 Å². The Bertz CT molecular complexity index is 639. The number of aryl methyl sites for hydroxylation is 1. The summed E-state index contributed by atoms with van der Waals surface area (Å²) in [6.45, 7) is 0.247. The van der Waals surface area contributed by atoms with Crippen LogP contribution in [0.4, 0.5) is 0 Å². The van der Waals surface area contributed by atoms with Crippen molar-refractivity contribution < 1.29 is 19.0 Å². The van der Waals surface area contributed by atoms with Crippen molar-refractivity contribution in [2.24, 2.45) is 0 Å². The highest BCUT2D eigenvalue weighted by Crippen LogP contribution is 2.36. The normalized spacial score (nSPS) is 12.7. The van der Waals surface area contributed by atoms with Gasteiger partial charge in [-0.3, -0.25) is 9.78 Å². The van der Waals surface area contributed by atoms with Gasteiger partial charge in [-0.1, -0.05) is 0 Å². The number of pyridine rings is 1. The molecule has 1 aromatic carbocycles. The molecule has 5 heteroatoms. The average molecular weight is 259 g/mol. The number of ether oxygens (including phenoxy) is 3. The van der Waals surface area contributed by atoms with Crippen molar-refractivity contribution in [3.63, 3.8) is 0 Å². The first-order chi connectivity index (χ1) is 9.28. The largest absolute Gasteiger partial charge is 0.469 e. The van der Waals surface area contributed by atoms with Crippen LogP contribution in [0.1, 0.15) is 12.1 Å². The van der Waals surface area contributed by atoms with E-state index in [9.17, 15) is 4.79 Å². The van der Waals surface area contributed by atoms with Crippen molar-refractivity contribution in [2.75, 3.05) is 13.9 Å². The van der Waals surface area contributed by atoms with E-state index in [1.165, 1.54) is 7.11 Å². The van der Waals surface area contributed by atoms with E-state index in [2.05, 4.69) is 9.72 Å². The lowest BCUT2D eigenvalue weighted by atomic mass is 10.1. The number of carbonyl (C=O) groups excluding carboxylic acids is 1. The SMILES string of the molecule is COC(=O)CCc1nccc2cc3c(cc12)OCO3. The summed E-state index contributed by atoms with van der Waals surface area (Å²) in [5, 5.41) is 2.01. The van der Waals surface area contributed by atoms with Crippen LogP contribution in [0.2, 0.25) is 0 Å². The zero-order chi connectivity index (χ0) is 13.2. The quantitative estimate of drug-likeness (QED) is 0.790. The number of hydrogen-bond donors (Lipinski definition) is 0. The van der Waals surface area contributed by atoms with Crippen molar-refractivity contribution in [3.8, 4) is 11.5 Å². The van der Waals surface area contributed by atoms with Gasteiger partial charge >= 0.3 is 5.97 Å². The third-order valence-corrected chi connectivity index (χ3v) is 3.13. The van der Waals surface area contributed by atoms with Crippen LogP contribution < -0.4 is 9.47 Å². The van der Waals surface area contributed by atoms with Crippen LogP contribution in [0, 0.1) is 0 Å². The summed E-state index contributed by atoms with van der Waals surface area (Å²) in [7, 11) is 1.39. The Hall–Kier alpha value is -2.30. The van der Waals surface area contributed by atoms with Crippen LogP contribution in [-0.2, 0) is 16.0 Å². The molecule has 0 aliphatic carbocycles. The highest BCUT2D eigenvalue weighted by molar-refractivity contribution is 5.88. The van der Waals surface area contributed by atoms with Gasteiger partial charge in [0.15, 0.2) is 11.5 Å². The summed E-state index contributed by atoms with van der Waals surface area (Å²) < 4.78 is 15.4. The predicted octanol–water partition coefficient (Wildman–Crippen LogP) is 2.07. The van der Waals surface area contributed by atoms with Gasteiger partial charge in [0, 0.05) is 23.7 Å². The molecule has 0 spiro atoms. The van der Waals surface area contributed by atoms with Gasteiger partial charge in [-0.15, -0.1) is 0 Å². The number of hydrogen-bond acceptors (Lipinski definition) is 5. The van der Waals surface area contributed by atoms with Crippen LogP contribution in [0.5, 0.6) is 11.5 Å². The first kappa shape index (κ1) is 11.8. The fourth-order valence-corrected chi connectivity index (χ4v) is 2.14. The van der Waals surface area contributed by atoms with E-state index in [-0.39, 0.29) is 12.8 Å². The monoisotopic (exact) mass is 259 g/mol. The molecule has 0 N–H and O–H groups in total. The zero-order valence-corrected chi connectivity index (χ0v) is 10.5. The minimum atomic E-state index is -0.237. The molecule has 2 aromatic rings. The number of aromatic nitrogens is 1. The molecule has 0 saturated heterocycles. The maximum Gasteiger partial charge on any atom is 0.305 e. The van der Waals surface area contributed by atoms with Crippen molar-refractivity contribution in [2.45, 2.75) is 12.8 Å². The molecule has 0 radical (unpaired) electrons. The van der Waals surface area contributed by atoms with E-state index in [1.54, 1.807) is 6.20 Å². The molecular formula is C14H13NO4. The maximum atomic E-state index is 11.2. The number of carbonyl (C=O) groups is 1. The van der Waals surface area contributed by atoms with E-state index in [1.807, 2.05) is 18.2 Å². The first-order valence-electron chi connectivity index (χ1n) is 6.02. The Balaban J connectivity index is 1.98. The molecule has 2 heterocycles. The molecule has 0 atom stereocenters. The fourth-order valence-electron chi connectivity index (χ4n) is 2.14. The highest BCUT2D eigenvalue weighted by Gasteiger charge is 2.16. The second-order valence-corrected chi connectivity index (χ2v) is 4.26. The number of esters is 1. The molecule has 0 saturated carbocycles. The third kappa shape index (κ3) is 2.19. The minimum absolute atomic E-state index is 0.237. The molecule has 0 unspecified atom stereocenters. The lowest BCUT2D eigenvalue weighted by molar-refractivity contribution is -0.140. The van der Waals surface area contributed by atoms with Gasteiger partial charge in [0.1, 0.15) is 0 Å². The molecule has 1 aromatic heterocycles. The van der Waals surface area contributed by atoms with Crippen molar-refractivity contribution in [1.29, 1.82) is 0 Å². The first-order valence-corrected chi connectivity index (χ1v) is 6.02.